The Balaban J connectivity index is 1.71. The highest BCUT2D eigenvalue weighted by Gasteiger charge is 2.19. The molecule has 0 unspecified atom stereocenters. The normalized spacial score (nSPS) is 11.7. The third-order valence-electron chi connectivity index (χ3n) is 6.69. The van der Waals surface area contributed by atoms with Crippen molar-refractivity contribution in [2.45, 2.75) is 0 Å². The minimum Gasteiger partial charge on any atom is -0.536 e. The van der Waals surface area contributed by atoms with Crippen molar-refractivity contribution >= 4 is 71.5 Å². The van der Waals surface area contributed by atoms with Crippen LogP contribution in [0.25, 0.3) is 63.6 Å². The molecule has 0 aliphatic carbocycles. The molecule has 0 atom stereocenters. The summed E-state index contributed by atoms with van der Waals surface area (Å²) in [4.78, 5) is 0. The van der Waals surface area contributed by atoms with Crippen molar-refractivity contribution in [1.82, 2.24) is 0 Å². The van der Waals surface area contributed by atoms with Crippen LogP contribution in [0.5, 0.6) is 5.75 Å². The van der Waals surface area contributed by atoms with Crippen LogP contribution in [0, 0.1) is 0 Å². The number of thiophene rings is 1. The molecule has 0 saturated heterocycles. The topological polar surface area (TPSA) is 29.5 Å². The molecule has 1 N–H and O–H groups in total. The Labute approximate surface area is 201 Å². The molecule has 2 nitrogen and oxygen atoms in total. The van der Waals surface area contributed by atoms with Crippen molar-refractivity contribution < 1.29 is 9.68 Å². The summed E-state index contributed by atoms with van der Waals surface area (Å²) in [5, 5.41) is 19.1. The summed E-state index contributed by atoms with van der Waals surface area (Å²) >= 11 is 1.72. The quantitative estimate of drug-likeness (QED) is 0.216. The molecule has 0 spiro atoms. The van der Waals surface area contributed by atoms with Crippen LogP contribution in [0.2, 0.25) is 0 Å². The van der Waals surface area contributed by atoms with Gasteiger partial charge in [-0.2, -0.15) is 0 Å². The van der Waals surface area contributed by atoms with Gasteiger partial charge in [-0.15, -0.1) is 11.3 Å². The van der Waals surface area contributed by atoms with Gasteiger partial charge in [0, 0.05) is 15.5 Å². The van der Waals surface area contributed by atoms with Gasteiger partial charge in [0.15, 0.2) is 0 Å². The lowest BCUT2D eigenvalue weighted by Gasteiger charge is -2.14. The van der Waals surface area contributed by atoms with Crippen LogP contribution >= 0.6 is 11.3 Å². The molecule has 34 heavy (non-hydrogen) atoms. The van der Waals surface area contributed by atoms with Crippen molar-refractivity contribution in [3.05, 3.63) is 103 Å². The van der Waals surface area contributed by atoms with Crippen molar-refractivity contribution in [2.75, 3.05) is 0 Å². The fourth-order valence-electron chi connectivity index (χ4n) is 5.25. The summed E-state index contributed by atoms with van der Waals surface area (Å²) in [6.07, 6.45) is 0. The molecule has 1 heterocycles. The summed E-state index contributed by atoms with van der Waals surface area (Å²) in [6.45, 7) is 0. The van der Waals surface area contributed by atoms with Crippen LogP contribution in [0.1, 0.15) is 0 Å². The van der Waals surface area contributed by atoms with Crippen LogP contribution in [0.4, 0.5) is 0 Å². The Bertz CT molecular complexity index is 1890. The van der Waals surface area contributed by atoms with Crippen LogP contribution in [0.15, 0.2) is 103 Å². The lowest BCUT2D eigenvalue weighted by molar-refractivity contribution is 0.457. The highest BCUT2D eigenvalue weighted by Crippen LogP contribution is 2.48. The molecule has 6 aromatic carbocycles. The lowest BCUT2D eigenvalue weighted by atomic mass is 9.89. The second-order valence-electron chi connectivity index (χ2n) is 8.50. The van der Waals surface area contributed by atoms with E-state index in [-0.39, 0.29) is 0 Å². The van der Waals surface area contributed by atoms with Crippen molar-refractivity contribution in [3.63, 3.8) is 0 Å². The summed E-state index contributed by atoms with van der Waals surface area (Å²) in [5.41, 5.74) is 2.44. The minimum absolute atomic E-state index is 0.666. The SMILES string of the molecule is O[B]Oc1cccc2c1sc1c3ccccc3cc(-c3cc4ccccc4c4ccccc34)c21. The largest absolute Gasteiger partial charge is 0.569 e. The van der Waals surface area contributed by atoms with Crippen LogP contribution in [0.3, 0.4) is 0 Å². The van der Waals surface area contributed by atoms with E-state index in [0.717, 1.165) is 17.8 Å². The summed E-state index contributed by atoms with van der Waals surface area (Å²) in [6, 6.07) is 36.5. The Morgan fingerprint density at radius 3 is 1.97 bits per heavy atom. The highest BCUT2D eigenvalue weighted by molar-refractivity contribution is 7.27. The molecule has 0 fully saturated rings. The number of hydrogen-bond acceptors (Lipinski definition) is 3. The van der Waals surface area contributed by atoms with Gasteiger partial charge in [0.2, 0.25) is 0 Å². The van der Waals surface area contributed by atoms with Gasteiger partial charge in [0.1, 0.15) is 5.75 Å². The zero-order valence-corrected chi connectivity index (χ0v) is 19.0. The fraction of sp³-hybridized carbons (Fsp3) is 0. The van der Waals surface area contributed by atoms with E-state index in [4.69, 9.17) is 4.65 Å². The van der Waals surface area contributed by atoms with Gasteiger partial charge in [-0.3, -0.25) is 0 Å². The summed E-state index contributed by atoms with van der Waals surface area (Å²) < 4.78 is 7.74. The van der Waals surface area contributed by atoms with Crippen molar-refractivity contribution in [3.8, 4) is 16.9 Å². The van der Waals surface area contributed by atoms with Gasteiger partial charge in [-0.05, 0) is 61.6 Å². The maximum Gasteiger partial charge on any atom is 0.569 e. The Morgan fingerprint density at radius 1 is 0.559 bits per heavy atom. The predicted octanol–water partition coefficient (Wildman–Crippen LogP) is 8.09. The van der Waals surface area contributed by atoms with E-state index in [1.54, 1.807) is 11.3 Å². The van der Waals surface area contributed by atoms with E-state index in [0.29, 0.717) is 5.75 Å². The van der Waals surface area contributed by atoms with Gasteiger partial charge in [-0.25, -0.2) is 0 Å². The zero-order valence-electron chi connectivity index (χ0n) is 18.2. The Hall–Kier alpha value is -3.86. The molecule has 7 aromatic rings. The molecule has 1 radical (unpaired) electrons. The van der Waals surface area contributed by atoms with Crippen LogP contribution < -0.4 is 4.65 Å². The number of rotatable bonds is 3. The maximum atomic E-state index is 9.33. The first-order valence-electron chi connectivity index (χ1n) is 11.2. The third kappa shape index (κ3) is 2.79. The summed E-state index contributed by atoms with van der Waals surface area (Å²) in [7, 11) is 0.759. The van der Waals surface area contributed by atoms with Gasteiger partial charge in [-0.1, -0.05) is 84.9 Å². The average Bonchev–Trinajstić information content (AvgIpc) is 3.29. The van der Waals surface area contributed by atoms with E-state index in [1.165, 1.54) is 53.5 Å². The van der Waals surface area contributed by atoms with E-state index in [2.05, 4.69) is 91.0 Å². The van der Waals surface area contributed by atoms with Crippen molar-refractivity contribution in [1.29, 1.82) is 0 Å². The monoisotopic (exact) mass is 453 g/mol. The first-order chi connectivity index (χ1) is 16.8. The lowest BCUT2D eigenvalue weighted by Crippen LogP contribution is -1.99. The van der Waals surface area contributed by atoms with Gasteiger partial charge in [0.05, 0.1) is 4.70 Å². The first kappa shape index (κ1) is 19.6. The van der Waals surface area contributed by atoms with Crippen LogP contribution in [-0.2, 0) is 0 Å². The predicted molar refractivity (Wildman–Crippen MR) is 146 cm³/mol. The standard InChI is InChI=1S/C30H18BO2S/c32-31-33-27-15-7-14-24-28-26(17-19-9-2-4-11-21(19)30(28)34-29(24)27)25-16-18-8-1-3-10-20(18)22-12-5-6-13-23(22)25/h1-17,32H. The van der Waals surface area contributed by atoms with Gasteiger partial charge >= 0.3 is 7.69 Å². The Kier molecular flexibility index (Phi) is 4.38. The first-order valence-corrected chi connectivity index (χ1v) is 12.1. The van der Waals surface area contributed by atoms with Gasteiger partial charge < -0.3 is 9.68 Å². The van der Waals surface area contributed by atoms with E-state index in [1.807, 2.05) is 12.1 Å². The molecule has 4 heteroatoms. The number of hydrogen-bond donors (Lipinski definition) is 1. The highest BCUT2D eigenvalue weighted by atomic mass is 32.1. The second kappa shape index (κ2) is 7.59. The van der Waals surface area contributed by atoms with Gasteiger partial charge in [0.25, 0.3) is 0 Å². The molecule has 1 aromatic heterocycles. The third-order valence-corrected chi connectivity index (χ3v) is 7.95. The average molecular weight is 453 g/mol. The molecular weight excluding hydrogens is 435 g/mol. The number of benzene rings is 6. The molecule has 0 aliphatic rings. The number of fused-ring (bicyclic) bond motifs is 8. The zero-order chi connectivity index (χ0) is 22.6. The van der Waals surface area contributed by atoms with E-state index in [9.17, 15) is 5.02 Å². The maximum absolute atomic E-state index is 9.33. The second-order valence-corrected chi connectivity index (χ2v) is 9.52. The Morgan fingerprint density at radius 2 is 1.18 bits per heavy atom. The van der Waals surface area contributed by atoms with Crippen LogP contribution in [-0.4, -0.2) is 12.7 Å². The smallest absolute Gasteiger partial charge is 0.536 e. The molecule has 0 amide bonds. The fourth-order valence-corrected chi connectivity index (χ4v) is 6.57. The molecule has 0 bridgehead atoms. The molecule has 159 valence electrons. The van der Waals surface area contributed by atoms with E-state index < -0.39 is 0 Å². The molecule has 0 saturated carbocycles. The minimum atomic E-state index is 0.666. The van der Waals surface area contributed by atoms with Crippen molar-refractivity contribution in [2.24, 2.45) is 0 Å². The summed E-state index contributed by atoms with van der Waals surface area (Å²) in [5.74, 6) is 0.666. The molecule has 0 aliphatic heterocycles. The molecular formula is C30H18BO2S. The van der Waals surface area contributed by atoms with E-state index >= 15 is 0 Å². The molecule has 7 rings (SSSR count).